The Morgan fingerprint density at radius 1 is 0.925 bits per heavy atom. The number of pyridine rings is 1. The summed E-state index contributed by atoms with van der Waals surface area (Å²) in [6, 6.07) is 10.2. The van der Waals surface area contributed by atoms with Crippen molar-refractivity contribution in [2.45, 2.75) is 12.8 Å². The summed E-state index contributed by atoms with van der Waals surface area (Å²) in [5.74, 6) is 0.183. The van der Waals surface area contributed by atoms with Crippen molar-refractivity contribution in [2.75, 3.05) is 46.3 Å². The Labute approximate surface area is 230 Å². The van der Waals surface area contributed by atoms with Crippen LogP contribution in [0.2, 0.25) is 0 Å². The summed E-state index contributed by atoms with van der Waals surface area (Å²) in [5.41, 5.74) is 2.45. The maximum absolute atomic E-state index is 12.3. The summed E-state index contributed by atoms with van der Waals surface area (Å²) in [7, 11) is -7.84. The fraction of sp³-hybridized carbons (Fsp3) is 0.292. The number of likely N-dealkylation sites (tertiary alicyclic amines) is 1. The minimum Gasteiger partial charge on any atom is -0.325 e. The van der Waals surface area contributed by atoms with E-state index < -0.39 is 24.9 Å². The summed E-state index contributed by atoms with van der Waals surface area (Å²) < 4.78 is 50.3. The van der Waals surface area contributed by atoms with E-state index in [9.17, 15) is 21.6 Å². The van der Waals surface area contributed by atoms with Gasteiger partial charge in [0.05, 0.1) is 35.7 Å². The first kappa shape index (κ1) is 27.4. The van der Waals surface area contributed by atoms with E-state index in [0.29, 0.717) is 29.0 Å². The molecule has 5 rings (SSSR count). The number of nitrogens with zero attached hydrogens (tertiary/aromatic N) is 6. The van der Waals surface area contributed by atoms with Crippen molar-refractivity contribution >= 4 is 59.9 Å². The first-order valence-corrected chi connectivity index (χ1v) is 16.0. The molecule has 4 heterocycles. The van der Waals surface area contributed by atoms with Crippen LogP contribution in [-0.2, 0) is 24.7 Å². The summed E-state index contributed by atoms with van der Waals surface area (Å²) in [6.07, 6.45) is 7.71. The number of aromatic nitrogens is 5. The molecule has 0 aliphatic carbocycles. The van der Waals surface area contributed by atoms with Crippen LogP contribution in [0, 0.1) is 0 Å². The molecule has 0 atom stereocenters. The van der Waals surface area contributed by atoms with Gasteiger partial charge in [0.2, 0.25) is 21.9 Å². The molecule has 16 heteroatoms. The minimum atomic E-state index is -4.10. The van der Waals surface area contributed by atoms with Gasteiger partial charge in [-0.3, -0.25) is 14.4 Å². The van der Waals surface area contributed by atoms with Crippen molar-refractivity contribution in [3.63, 3.8) is 0 Å². The molecular weight excluding hydrogens is 558 g/mol. The highest BCUT2D eigenvalue weighted by Gasteiger charge is 2.19. The second kappa shape index (κ2) is 11.1. The zero-order valence-corrected chi connectivity index (χ0v) is 23.1. The number of rotatable bonds is 10. The summed E-state index contributed by atoms with van der Waals surface area (Å²) in [6.45, 7) is 2.29. The third-order valence-electron chi connectivity index (χ3n) is 5.92. The third kappa shape index (κ3) is 7.08. The van der Waals surface area contributed by atoms with Gasteiger partial charge in [-0.05, 0) is 62.3 Å². The van der Waals surface area contributed by atoms with Crippen LogP contribution in [0.25, 0.3) is 16.7 Å². The molecule has 14 nitrogen and oxygen atoms in total. The van der Waals surface area contributed by atoms with Gasteiger partial charge < -0.3 is 10.6 Å². The molecule has 40 heavy (non-hydrogen) atoms. The van der Waals surface area contributed by atoms with E-state index in [1.165, 1.54) is 12.3 Å². The van der Waals surface area contributed by atoms with E-state index >= 15 is 0 Å². The average Bonchev–Trinajstić information content (AvgIpc) is 3.54. The maximum atomic E-state index is 12.3. The number of anilines is 4. The van der Waals surface area contributed by atoms with Gasteiger partial charge in [0.25, 0.3) is 0 Å². The first-order valence-electron chi connectivity index (χ1n) is 12.3. The van der Waals surface area contributed by atoms with Gasteiger partial charge >= 0.3 is 0 Å². The lowest BCUT2D eigenvalue weighted by atomic mass is 10.2. The highest BCUT2D eigenvalue weighted by Crippen LogP contribution is 2.21. The van der Waals surface area contributed by atoms with E-state index in [1.54, 1.807) is 23.1 Å². The summed E-state index contributed by atoms with van der Waals surface area (Å²) in [4.78, 5) is 27.3. The Kier molecular flexibility index (Phi) is 7.64. The van der Waals surface area contributed by atoms with Crippen molar-refractivity contribution in [1.82, 2.24) is 29.6 Å². The number of sulfone groups is 1. The van der Waals surface area contributed by atoms with E-state index in [1.807, 2.05) is 24.3 Å². The van der Waals surface area contributed by atoms with Crippen molar-refractivity contribution < 1.29 is 21.6 Å². The van der Waals surface area contributed by atoms with Crippen LogP contribution < -0.4 is 15.4 Å². The number of amides is 1. The Bertz CT molecular complexity index is 1730. The Morgan fingerprint density at radius 2 is 1.65 bits per heavy atom. The molecule has 1 amide bonds. The molecule has 1 aromatic carbocycles. The fourth-order valence-electron chi connectivity index (χ4n) is 4.22. The molecular formula is C24H27N9O5S2. The lowest BCUT2D eigenvalue weighted by molar-refractivity contribution is -0.117. The van der Waals surface area contributed by atoms with E-state index in [-0.39, 0.29) is 17.7 Å². The maximum Gasteiger partial charge on any atom is 0.248 e. The van der Waals surface area contributed by atoms with Crippen molar-refractivity contribution in [3.8, 4) is 5.69 Å². The fourth-order valence-corrected chi connectivity index (χ4v) is 7.15. The largest absolute Gasteiger partial charge is 0.325 e. The van der Waals surface area contributed by atoms with Crippen LogP contribution in [-0.4, -0.2) is 83.4 Å². The molecule has 1 fully saturated rings. The number of hydrogen-bond donors (Lipinski definition) is 3. The molecule has 4 aromatic rings. The van der Waals surface area contributed by atoms with E-state index in [2.05, 4.69) is 40.3 Å². The van der Waals surface area contributed by atoms with Gasteiger partial charge in [-0.1, -0.05) is 0 Å². The van der Waals surface area contributed by atoms with Crippen molar-refractivity contribution in [3.05, 3.63) is 55.0 Å². The van der Waals surface area contributed by atoms with Crippen LogP contribution >= 0.6 is 0 Å². The molecule has 0 unspecified atom stereocenters. The molecule has 3 N–H and O–H groups in total. The molecule has 0 spiro atoms. The number of carbonyl (C=O) groups excluding carboxylic acids is 1. The number of carbonyl (C=O) groups is 1. The molecule has 3 aromatic heterocycles. The zero-order chi connectivity index (χ0) is 28.3. The van der Waals surface area contributed by atoms with E-state index in [0.717, 1.165) is 37.9 Å². The highest BCUT2D eigenvalue weighted by molar-refractivity contribution is 8.08. The Morgan fingerprint density at radius 3 is 2.33 bits per heavy atom. The minimum absolute atomic E-state index is 0.0284. The van der Waals surface area contributed by atoms with Gasteiger partial charge in [0.1, 0.15) is 5.82 Å². The van der Waals surface area contributed by atoms with Crippen LogP contribution in [0.1, 0.15) is 12.8 Å². The summed E-state index contributed by atoms with van der Waals surface area (Å²) in [5, 5.41) is 10.0. The van der Waals surface area contributed by atoms with Crippen LogP contribution in [0.5, 0.6) is 0 Å². The second-order valence-corrected chi connectivity index (χ2v) is 13.7. The van der Waals surface area contributed by atoms with Gasteiger partial charge in [-0.2, -0.15) is 10.1 Å². The number of sulfonamides is 1. The number of fused-ring (bicyclic) bond motifs is 1. The van der Waals surface area contributed by atoms with Crippen LogP contribution in [0.4, 0.5) is 23.1 Å². The Hall–Kier alpha value is -4.15. The molecule has 0 saturated carbocycles. The topological polar surface area (TPSA) is 181 Å². The first-order chi connectivity index (χ1) is 19.0. The SMILES string of the molecule is CS(=O)(=O)CS(=O)(=O)Nc1ccc(Nc2ncc3cnn(-c4ccc(NC(=O)CN5CCCC5)cc4)c3n2)cn1. The predicted octanol–water partition coefficient (Wildman–Crippen LogP) is 1.73. The van der Waals surface area contributed by atoms with Crippen molar-refractivity contribution in [2.24, 2.45) is 0 Å². The molecule has 1 saturated heterocycles. The lowest BCUT2D eigenvalue weighted by Crippen LogP contribution is -2.30. The quantitative estimate of drug-likeness (QED) is 0.247. The average molecular weight is 586 g/mol. The van der Waals surface area contributed by atoms with E-state index in [4.69, 9.17) is 0 Å². The molecule has 0 bridgehead atoms. The van der Waals surface area contributed by atoms with Crippen LogP contribution in [0.3, 0.4) is 0 Å². The highest BCUT2D eigenvalue weighted by atomic mass is 32.3. The zero-order valence-electron chi connectivity index (χ0n) is 21.5. The Balaban J connectivity index is 1.26. The number of benzene rings is 1. The number of nitrogens with one attached hydrogen (secondary N) is 3. The standard InChI is InChI=1S/C24H27N9O5S2/c1-39(35,36)16-40(37,38)31-21-9-6-19(14-25-21)29-24-26-12-17-13-27-33(23(17)30-24)20-7-4-18(5-8-20)28-22(34)15-32-10-2-3-11-32/h4-9,12-14H,2-3,10-11,15-16H2,1H3,(H,25,31)(H,28,34)(H,26,29,30). The smallest absolute Gasteiger partial charge is 0.248 e. The normalized spacial score (nSPS) is 14.3. The van der Waals surface area contributed by atoms with Gasteiger partial charge in [-0.25, -0.2) is 31.5 Å². The van der Waals surface area contributed by atoms with Gasteiger partial charge in [0.15, 0.2) is 20.6 Å². The molecule has 1 aliphatic heterocycles. The van der Waals surface area contributed by atoms with Crippen molar-refractivity contribution in [1.29, 1.82) is 0 Å². The lowest BCUT2D eigenvalue weighted by Gasteiger charge is -2.14. The molecule has 0 radical (unpaired) electrons. The van der Waals surface area contributed by atoms with Gasteiger partial charge in [0, 0.05) is 18.1 Å². The van der Waals surface area contributed by atoms with Crippen LogP contribution in [0.15, 0.2) is 55.0 Å². The monoisotopic (exact) mass is 585 g/mol. The third-order valence-corrected chi connectivity index (χ3v) is 9.39. The van der Waals surface area contributed by atoms with Gasteiger partial charge in [-0.15, -0.1) is 0 Å². The molecule has 1 aliphatic rings. The molecule has 210 valence electrons. The number of hydrogen-bond acceptors (Lipinski definition) is 11. The summed E-state index contributed by atoms with van der Waals surface area (Å²) >= 11 is 0. The second-order valence-electron chi connectivity index (χ2n) is 9.42. The predicted molar refractivity (Wildman–Crippen MR) is 151 cm³/mol.